The number of carbonyl (C=O) groups is 3. The quantitative estimate of drug-likeness (QED) is 0.213. The molecule has 0 aliphatic carbocycles. The first-order chi connectivity index (χ1) is 18.9. The normalized spacial score (nSPS) is 26.8. The number of allylic oxidation sites excluding steroid dienone is 1. The number of β-amino-alcohol motifs (C(OH)–C–C–N with tert-alkyl or cyclic N) is 1. The largest absolute Gasteiger partial charge is 0.465 e. The van der Waals surface area contributed by atoms with Gasteiger partial charge in [0.05, 0.1) is 29.8 Å². The number of aliphatic hydroxyl groups is 1. The fourth-order valence-electron chi connectivity index (χ4n) is 6.58. The number of aliphatic hydroxyl groups excluding tert-OH is 1. The van der Waals surface area contributed by atoms with Gasteiger partial charge in [-0.25, -0.2) is 0 Å². The predicted molar refractivity (Wildman–Crippen MR) is 156 cm³/mol. The van der Waals surface area contributed by atoms with E-state index in [0.717, 1.165) is 37.3 Å². The number of likely N-dealkylation sites (tertiary alicyclic amines) is 1. The molecule has 1 spiro atoms. The van der Waals surface area contributed by atoms with E-state index in [-0.39, 0.29) is 49.3 Å². The topological polar surface area (TPSA) is 90.4 Å². The van der Waals surface area contributed by atoms with Crippen LogP contribution in [0.25, 0.3) is 0 Å². The van der Waals surface area contributed by atoms with E-state index in [2.05, 4.69) is 31.9 Å². The summed E-state index contributed by atoms with van der Waals surface area (Å²) in [5, 5.41) is 9.80. The molecule has 3 aliphatic rings. The third-order valence-corrected chi connectivity index (χ3v) is 10.3. The number of esters is 1. The van der Waals surface area contributed by atoms with Crippen LogP contribution in [0.1, 0.15) is 39.5 Å². The van der Waals surface area contributed by atoms with E-state index in [9.17, 15) is 19.5 Å². The molecule has 3 aliphatic heterocycles. The second kappa shape index (κ2) is 12.6. The van der Waals surface area contributed by atoms with E-state index in [1.54, 1.807) is 28.8 Å². The van der Waals surface area contributed by atoms with Crippen molar-refractivity contribution >= 4 is 40.9 Å². The maximum absolute atomic E-state index is 14.4. The molecule has 2 bridgehead atoms. The van der Waals surface area contributed by atoms with Crippen LogP contribution in [0, 0.1) is 11.8 Å². The molecular weight excluding hydrogens is 514 g/mol. The van der Waals surface area contributed by atoms with Crippen molar-refractivity contribution < 1.29 is 24.2 Å². The maximum atomic E-state index is 14.4. The van der Waals surface area contributed by atoms with Crippen molar-refractivity contribution in [1.82, 2.24) is 4.90 Å². The molecule has 5 atom stereocenters. The molecule has 1 aromatic rings. The third kappa shape index (κ3) is 5.23. The first-order valence-electron chi connectivity index (χ1n) is 14.0. The Hall–Kier alpha value is -2.78. The van der Waals surface area contributed by atoms with Gasteiger partial charge in [-0.05, 0) is 63.8 Å². The minimum absolute atomic E-state index is 0.0443. The predicted octanol–water partition coefficient (Wildman–Crippen LogP) is 3.64. The number of carbonyl (C=O) groups excluding carboxylic acids is 3. The molecule has 9 heteroatoms. The Bertz CT molecular complexity index is 1070. The molecule has 0 aromatic heterocycles. The van der Waals surface area contributed by atoms with Gasteiger partial charge in [0.1, 0.15) is 6.04 Å². The highest BCUT2D eigenvalue weighted by atomic mass is 32.2. The van der Waals surface area contributed by atoms with E-state index in [4.69, 9.17) is 4.74 Å². The van der Waals surface area contributed by atoms with Crippen LogP contribution in [0.5, 0.6) is 0 Å². The molecule has 212 valence electrons. The number of rotatable bonds is 14. The van der Waals surface area contributed by atoms with E-state index >= 15 is 0 Å². The molecular formula is C30H41N3O5S. The molecule has 2 unspecified atom stereocenters. The standard InChI is InChI=1S/C30H41N3O5S/c1-5-9-10-20-38-29(37)24-23-15-16-30(39-23)25(24)27(35)33(18-19-34)26(30)28(36)32(17-6-2)22-13-11-21(12-14-22)31(7-3)8-4/h5-6,11-14,23-26,34H,1-2,7-10,15-20H2,3-4H3/t23-,24+,25-,26?,30?/m0/s1. The fourth-order valence-corrected chi connectivity index (χ4v) is 8.78. The molecule has 0 radical (unpaired) electrons. The van der Waals surface area contributed by atoms with E-state index in [0.29, 0.717) is 12.8 Å². The van der Waals surface area contributed by atoms with Crippen LogP contribution in [0.2, 0.25) is 0 Å². The zero-order chi connectivity index (χ0) is 28.2. The Kier molecular flexibility index (Phi) is 9.43. The zero-order valence-electron chi connectivity index (χ0n) is 23.1. The number of thioether (sulfide) groups is 1. The van der Waals surface area contributed by atoms with Crippen LogP contribution >= 0.6 is 11.8 Å². The van der Waals surface area contributed by atoms with Crippen molar-refractivity contribution in [2.24, 2.45) is 11.8 Å². The molecule has 2 amide bonds. The highest BCUT2D eigenvalue weighted by Gasteiger charge is 2.74. The van der Waals surface area contributed by atoms with Gasteiger partial charge in [0, 0.05) is 42.8 Å². The monoisotopic (exact) mass is 555 g/mol. The van der Waals surface area contributed by atoms with Gasteiger partial charge in [0.25, 0.3) is 5.91 Å². The van der Waals surface area contributed by atoms with Crippen molar-refractivity contribution in [3.05, 3.63) is 49.6 Å². The Morgan fingerprint density at radius 3 is 2.49 bits per heavy atom. The highest BCUT2D eigenvalue weighted by Crippen LogP contribution is 2.66. The number of amides is 2. The van der Waals surface area contributed by atoms with Crippen molar-refractivity contribution in [2.75, 3.05) is 49.2 Å². The number of hydrogen-bond donors (Lipinski definition) is 1. The van der Waals surface area contributed by atoms with Crippen LogP contribution in [0.15, 0.2) is 49.6 Å². The van der Waals surface area contributed by atoms with E-state index in [1.807, 2.05) is 24.3 Å². The average Bonchev–Trinajstić information content (AvgIpc) is 3.58. The van der Waals surface area contributed by atoms with Crippen molar-refractivity contribution in [3.63, 3.8) is 0 Å². The lowest BCUT2D eigenvalue weighted by Crippen LogP contribution is -2.55. The molecule has 1 aromatic carbocycles. The fraction of sp³-hybridized carbons (Fsp3) is 0.567. The summed E-state index contributed by atoms with van der Waals surface area (Å²) in [6, 6.07) is 7.09. The number of ether oxygens (including phenoxy) is 1. The molecule has 4 rings (SSSR count). The number of unbranched alkanes of at least 4 members (excludes halogenated alkanes) is 1. The van der Waals surface area contributed by atoms with E-state index in [1.165, 1.54) is 4.90 Å². The average molecular weight is 556 g/mol. The van der Waals surface area contributed by atoms with Gasteiger partial charge in [-0.15, -0.1) is 24.9 Å². The van der Waals surface area contributed by atoms with Crippen LogP contribution in [-0.2, 0) is 19.1 Å². The smallest absolute Gasteiger partial charge is 0.310 e. The lowest BCUT2D eigenvalue weighted by Gasteiger charge is -2.37. The van der Waals surface area contributed by atoms with Crippen LogP contribution in [0.4, 0.5) is 11.4 Å². The number of anilines is 2. The Labute approximate surface area is 236 Å². The second-order valence-corrected chi connectivity index (χ2v) is 11.9. The minimum Gasteiger partial charge on any atom is -0.465 e. The summed E-state index contributed by atoms with van der Waals surface area (Å²) < 4.78 is 4.87. The number of benzene rings is 1. The van der Waals surface area contributed by atoms with Crippen LogP contribution in [-0.4, -0.2) is 83.2 Å². The zero-order valence-corrected chi connectivity index (χ0v) is 23.9. The molecule has 8 nitrogen and oxygen atoms in total. The van der Waals surface area contributed by atoms with Crippen molar-refractivity contribution in [1.29, 1.82) is 0 Å². The first kappa shape index (κ1) is 29.2. The van der Waals surface area contributed by atoms with Gasteiger partial charge in [-0.3, -0.25) is 14.4 Å². The molecule has 3 saturated heterocycles. The summed E-state index contributed by atoms with van der Waals surface area (Å²) in [4.78, 5) is 46.9. The van der Waals surface area contributed by atoms with Crippen LogP contribution in [0.3, 0.4) is 0 Å². The van der Waals surface area contributed by atoms with Gasteiger partial charge < -0.3 is 24.5 Å². The lowest BCUT2D eigenvalue weighted by molar-refractivity contribution is -0.154. The van der Waals surface area contributed by atoms with Crippen LogP contribution < -0.4 is 9.80 Å². The SMILES string of the molecule is C=CCCCOC(=O)[C@@H]1[C@@H]2CCC3(S2)C(C(=O)N(CC=C)c2ccc(N(CC)CC)cc2)N(CCO)C(=O)[C@H]13. The van der Waals surface area contributed by atoms with Gasteiger partial charge in [-0.2, -0.15) is 0 Å². The summed E-state index contributed by atoms with van der Waals surface area (Å²) in [6.45, 7) is 13.9. The molecule has 3 fully saturated rings. The Morgan fingerprint density at radius 1 is 1.18 bits per heavy atom. The number of nitrogens with zero attached hydrogens (tertiary/aromatic N) is 3. The van der Waals surface area contributed by atoms with E-state index < -0.39 is 22.6 Å². The molecule has 39 heavy (non-hydrogen) atoms. The Morgan fingerprint density at radius 2 is 1.87 bits per heavy atom. The van der Waals surface area contributed by atoms with Gasteiger partial charge >= 0.3 is 5.97 Å². The number of fused-ring (bicyclic) bond motifs is 1. The van der Waals surface area contributed by atoms with Gasteiger partial charge in [0.2, 0.25) is 5.91 Å². The lowest BCUT2D eigenvalue weighted by atomic mass is 9.71. The van der Waals surface area contributed by atoms with Gasteiger partial charge in [0.15, 0.2) is 0 Å². The number of hydrogen-bond acceptors (Lipinski definition) is 7. The minimum atomic E-state index is -0.780. The van der Waals surface area contributed by atoms with Gasteiger partial charge in [-0.1, -0.05) is 12.2 Å². The summed E-state index contributed by atoms with van der Waals surface area (Å²) in [5.41, 5.74) is 1.80. The summed E-state index contributed by atoms with van der Waals surface area (Å²) in [6.07, 6.45) is 6.31. The second-order valence-electron chi connectivity index (χ2n) is 10.3. The maximum Gasteiger partial charge on any atom is 0.310 e. The third-order valence-electron chi connectivity index (χ3n) is 8.31. The molecule has 0 saturated carbocycles. The molecule has 3 heterocycles. The summed E-state index contributed by atoms with van der Waals surface area (Å²) >= 11 is 1.60. The molecule has 1 N–H and O–H groups in total. The summed E-state index contributed by atoms with van der Waals surface area (Å²) in [5.74, 6) is -2.02. The highest BCUT2D eigenvalue weighted by molar-refractivity contribution is 8.02. The summed E-state index contributed by atoms with van der Waals surface area (Å²) in [7, 11) is 0. The first-order valence-corrected chi connectivity index (χ1v) is 14.9. The van der Waals surface area contributed by atoms with Crippen molar-refractivity contribution in [2.45, 2.75) is 55.6 Å². The van der Waals surface area contributed by atoms with Crippen molar-refractivity contribution in [3.8, 4) is 0 Å². The Balaban J connectivity index is 1.65.